The maximum atomic E-state index is 13.4. The first-order chi connectivity index (χ1) is 8.58. The minimum atomic E-state index is -0.576. The molecule has 3 N–H and O–H groups in total. The van der Waals surface area contributed by atoms with Gasteiger partial charge in [0, 0.05) is 16.6 Å². The van der Waals surface area contributed by atoms with Crippen molar-refractivity contribution in [2.24, 2.45) is 0 Å². The third-order valence-electron chi connectivity index (χ3n) is 2.18. The third kappa shape index (κ3) is 2.65. The number of halogens is 2. The number of amides is 1. The summed E-state index contributed by atoms with van der Waals surface area (Å²) in [4.78, 5) is 11.6. The quantitative estimate of drug-likeness (QED) is 0.895. The van der Waals surface area contributed by atoms with Gasteiger partial charge in [0.2, 0.25) is 11.5 Å². The number of hydrogen-bond acceptors (Lipinski definition) is 5. The number of anilines is 1. The number of aromatic nitrogens is 2. The van der Waals surface area contributed by atoms with Gasteiger partial charge in [-0.2, -0.15) is 0 Å². The molecule has 0 aliphatic rings. The Balaban J connectivity index is 2.06. The predicted octanol–water partition coefficient (Wildman–Crippen LogP) is 1.48. The van der Waals surface area contributed by atoms with Crippen molar-refractivity contribution in [3.05, 3.63) is 39.7 Å². The predicted molar refractivity (Wildman–Crippen MR) is 64.0 cm³/mol. The first kappa shape index (κ1) is 12.5. The Labute approximate surface area is 109 Å². The largest absolute Gasteiger partial charge is 0.379 e. The summed E-state index contributed by atoms with van der Waals surface area (Å²) in [6, 6.07) is 4.44. The molecule has 0 bridgehead atoms. The number of nitrogens with one attached hydrogen (secondary N) is 1. The highest BCUT2D eigenvalue weighted by Gasteiger charge is 2.16. The lowest BCUT2D eigenvalue weighted by atomic mass is 10.2. The highest BCUT2D eigenvalue weighted by Crippen LogP contribution is 2.15. The van der Waals surface area contributed by atoms with E-state index in [4.69, 9.17) is 5.73 Å². The van der Waals surface area contributed by atoms with Gasteiger partial charge in [-0.25, -0.2) is 9.02 Å². The number of nitrogens with two attached hydrogens (primary N) is 1. The third-order valence-corrected chi connectivity index (χ3v) is 2.67. The van der Waals surface area contributed by atoms with Gasteiger partial charge in [-0.05, 0) is 28.5 Å². The summed E-state index contributed by atoms with van der Waals surface area (Å²) in [5, 5.41) is 9.08. The van der Waals surface area contributed by atoms with Crippen molar-refractivity contribution >= 4 is 27.7 Å². The topological polar surface area (TPSA) is 94.0 Å². The maximum Gasteiger partial charge on any atom is 0.277 e. The number of carbonyl (C=O) groups is 1. The van der Waals surface area contributed by atoms with Crippen LogP contribution in [0.2, 0.25) is 0 Å². The van der Waals surface area contributed by atoms with Gasteiger partial charge in [0.15, 0.2) is 0 Å². The second kappa shape index (κ2) is 5.13. The second-order valence-corrected chi connectivity index (χ2v) is 4.33. The van der Waals surface area contributed by atoms with Crippen LogP contribution >= 0.6 is 15.9 Å². The lowest BCUT2D eigenvalue weighted by Gasteiger charge is -2.05. The SMILES string of the molecule is Nc1nonc1C(=O)NCc1cc(Br)ccc1F. The minimum absolute atomic E-state index is 0.0103. The van der Waals surface area contributed by atoms with E-state index in [1.165, 1.54) is 6.07 Å². The highest BCUT2D eigenvalue weighted by atomic mass is 79.9. The van der Waals surface area contributed by atoms with Crippen molar-refractivity contribution in [1.29, 1.82) is 0 Å². The summed E-state index contributed by atoms with van der Waals surface area (Å²) in [5.41, 5.74) is 5.58. The van der Waals surface area contributed by atoms with Crippen LogP contribution in [0.1, 0.15) is 16.1 Å². The van der Waals surface area contributed by atoms with Gasteiger partial charge >= 0.3 is 0 Å². The van der Waals surface area contributed by atoms with E-state index in [9.17, 15) is 9.18 Å². The minimum Gasteiger partial charge on any atom is -0.379 e. The van der Waals surface area contributed by atoms with Crippen LogP contribution in [0.25, 0.3) is 0 Å². The summed E-state index contributed by atoms with van der Waals surface area (Å²) < 4.78 is 18.4. The Hall–Kier alpha value is -1.96. The molecular formula is C10H8BrFN4O2. The molecule has 0 fully saturated rings. The maximum absolute atomic E-state index is 13.4. The molecule has 94 valence electrons. The van der Waals surface area contributed by atoms with Crippen molar-refractivity contribution in [3.8, 4) is 0 Å². The van der Waals surface area contributed by atoms with Crippen LogP contribution in [0.3, 0.4) is 0 Å². The number of nitrogen functional groups attached to an aromatic ring is 1. The Bertz CT molecular complexity index is 587. The van der Waals surface area contributed by atoms with Crippen LogP contribution in [-0.2, 0) is 6.54 Å². The van der Waals surface area contributed by atoms with E-state index in [1.54, 1.807) is 12.1 Å². The number of hydrogen-bond donors (Lipinski definition) is 2. The molecule has 1 aromatic heterocycles. The molecule has 2 rings (SSSR count). The zero-order valence-corrected chi connectivity index (χ0v) is 10.6. The van der Waals surface area contributed by atoms with E-state index in [1.807, 2.05) is 0 Å². The zero-order valence-electron chi connectivity index (χ0n) is 8.98. The van der Waals surface area contributed by atoms with Crippen LogP contribution in [0.15, 0.2) is 27.3 Å². The Morgan fingerprint density at radius 3 is 2.94 bits per heavy atom. The van der Waals surface area contributed by atoms with Gasteiger partial charge in [0.1, 0.15) is 5.82 Å². The van der Waals surface area contributed by atoms with E-state index in [0.29, 0.717) is 5.56 Å². The van der Waals surface area contributed by atoms with Crippen molar-refractivity contribution in [3.63, 3.8) is 0 Å². The second-order valence-electron chi connectivity index (χ2n) is 3.42. The molecule has 0 radical (unpaired) electrons. The van der Waals surface area contributed by atoms with Crippen LogP contribution in [0.5, 0.6) is 0 Å². The summed E-state index contributed by atoms with van der Waals surface area (Å²) >= 11 is 3.22. The molecule has 0 spiro atoms. The van der Waals surface area contributed by atoms with Gasteiger partial charge in [-0.1, -0.05) is 15.9 Å². The molecule has 18 heavy (non-hydrogen) atoms. The lowest BCUT2D eigenvalue weighted by Crippen LogP contribution is -2.24. The van der Waals surface area contributed by atoms with Gasteiger partial charge in [0.05, 0.1) is 0 Å². The molecule has 0 aliphatic carbocycles. The molecule has 0 aliphatic heterocycles. The van der Waals surface area contributed by atoms with E-state index in [0.717, 1.165) is 4.47 Å². The summed E-state index contributed by atoms with van der Waals surface area (Å²) in [6.45, 7) is 0.0103. The smallest absolute Gasteiger partial charge is 0.277 e. The summed E-state index contributed by atoms with van der Waals surface area (Å²) in [5.74, 6) is -1.10. The normalized spacial score (nSPS) is 10.3. The molecule has 6 nitrogen and oxygen atoms in total. The van der Waals surface area contributed by atoms with E-state index in [-0.39, 0.29) is 18.1 Å². The van der Waals surface area contributed by atoms with Crippen molar-refractivity contribution in [2.45, 2.75) is 6.54 Å². The number of benzene rings is 1. The fraction of sp³-hybridized carbons (Fsp3) is 0.100. The first-order valence-electron chi connectivity index (χ1n) is 4.88. The molecular weight excluding hydrogens is 307 g/mol. The van der Waals surface area contributed by atoms with Gasteiger partial charge < -0.3 is 11.1 Å². The molecule has 0 atom stereocenters. The molecule has 2 aromatic rings. The number of rotatable bonds is 3. The van der Waals surface area contributed by atoms with Crippen molar-refractivity contribution in [1.82, 2.24) is 15.6 Å². The zero-order chi connectivity index (χ0) is 13.1. The van der Waals surface area contributed by atoms with Crippen LogP contribution < -0.4 is 11.1 Å². The fourth-order valence-electron chi connectivity index (χ4n) is 1.29. The Morgan fingerprint density at radius 2 is 2.28 bits per heavy atom. The van der Waals surface area contributed by atoms with Crippen LogP contribution in [-0.4, -0.2) is 16.2 Å². The highest BCUT2D eigenvalue weighted by molar-refractivity contribution is 9.10. The van der Waals surface area contributed by atoms with Crippen LogP contribution in [0.4, 0.5) is 10.2 Å². The average Bonchev–Trinajstić information content (AvgIpc) is 2.76. The van der Waals surface area contributed by atoms with E-state index >= 15 is 0 Å². The monoisotopic (exact) mass is 314 g/mol. The van der Waals surface area contributed by atoms with Gasteiger partial charge in [0.25, 0.3) is 5.91 Å². The molecule has 0 saturated carbocycles. The Morgan fingerprint density at radius 1 is 1.50 bits per heavy atom. The van der Waals surface area contributed by atoms with Crippen LogP contribution in [0, 0.1) is 5.82 Å². The lowest BCUT2D eigenvalue weighted by molar-refractivity contribution is 0.0941. The molecule has 8 heteroatoms. The molecule has 1 amide bonds. The first-order valence-corrected chi connectivity index (χ1v) is 5.67. The molecule has 0 unspecified atom stereocenters. The van der Waals surface area contributed by atoms with E-state index in [2.05, 4.69) is 36.2 Å². The van der Waals surface area contributed by atoms with Crippen molar-refractivity contribution < 1.29 is 13.8 Å². The van der Waals surface area contributed by atoms with Gasteiger partial charge in [-0.3, -0.25) is 4.79 Å². The Kier molecular flexibility index (Phi) is 3.56. The standard InChI is InChI=1S/C10H8BrFN4O2/c11-6-1-2-7(12)5(3-6)4-14-10(17)8-9(13)16-18-15-8/h1-3H,4H2,(H2,13,16)(H,14,17). The summed E-state index contributed by atoms with van der Waals surface area (Å²) in [7, 11) is 0. The molecule has 1 aromatic carbocycles. The van der Waals surface area contributed by atoms with Crippen molar-refractivity contribution in [2.75, 3.05) is 5.73 Å². The molecule has 1 heterocycles. The number of carbonyl (C=O) groups excluding carboxylic acids is 1. The summed E-state index contributed by atoms with van der Waals surface area (Å²) in [6.07, 6.45) is 0. The fourth-order valence-corrected chi connectivity index (χ4v) is 1.70. The van der Waals surface area contributed by atoms with E-state index < -0.39 is 11.7 Å². The molecule has 0 saturated heterocycles. The number of nitrogens with zero attached hydrogens (tertiary/aromatic N) is 2. The average molecular weight is 315 g/mol. The van der Waals surface area contributed by atoms with Gasteiger partial charge in [-0.15, -0.1) is 0 Å².